The standard InChI is InChI=1S/C7H12O4S/c1-12(10,11)5-7(2-3-7)4-6(8)9/h2-5H2,1H3,(H,8,9). The highest BCUT2D eigenvalue weighted by atomic mass is 32.2. The fourth-order valence-corrected chi connectivity index (χ4v) is 2.93. The minimum absolute atomic E-state index is 0.0138. The van der Waals surface area contributed by atoms with Crippen molar-refractivity contribution >= 4 is 15.8 Å². The molecule has 0 heterocycles. The van der Waals surface area contributed by atoms with E-state index in [4.69, 9.17) is 5.11 Å². The molecule has 1 aliphatic rings. The summed E-state index contributed by atoms with van der Waals surface area (Å²) in [6.45, 7) is 0. The van der Waals surface area contributed by atoms with Gasteiger partial charge >= 0.3 is 5.97 Å². The molecule has 12 heavy (non-hydrogen) atoms. The van der Waals surface area contributed by atoms with E-state index in [1.165, 1.54) is 0 Å². The number of carbonyl (C=O) groups is 1. The van der Waals surface area contributed by atoms with Gasteiger partial charge in [0, 0.05) is 6.26 Å². The molecule has 0 aromatic carbocycles. The van der Waals surface area contributed by atoms with Crippen LogP contribution in [0.5, 0.6) is 0 Å². The van der Waals surface area contributed by atoms with Crippen LogP contribution in [0.15, 0.2) is 0 Å². The van der Waals surface area contributed by atoms with Crippen molar-refractivity contribution in [1.82, 2.24) is 0 Å². The van der Waals surface area contributed by atoms with E-state index in [2.05, 4.69) is 0 Å². The first-order valence-electron chi connectivity index (χ1n) is 3.73. The molecule has 0 aliphatic heterocycles. The smallest absolute Gasteiger partial charge is 0.303 e. The van der Waals surface area contributed by atoms with Gasteiger partial charge in [-0.15, -0.1) is 0 Å². The van der Waals surface area contributed by atoms with Crippen molar-refractivity contribution in [1.29, 1.82) is 0 Å². The molecular weight excluding hydrogens is 180 g/mol. The SMILES string of the molecule is CS(=O)(=O)CC1(CC(=O)O)CC1. The van der Waals surface area contributed by atoms with Crippen LogP contribution in [0.4, 0.5) is 0 Å². The van der Waals surface area contributed by atoms with Crippen molar-refractivity contribution < 1.29 is 18.3 Å². The number of sulfone groups is 1. The van der Waals surface area contributed by atoms with Gasteiger partial charge in [0.2, 0.25) is 0 Å². The Morgan fingerprint density at radius 2 is 2.00 bits per heavy atom. The van der Waals surface area contributed by atoms with E-state index < -0.39 is 21.2 Å². The fraction of sp³-hybridized carbons (Fsp3) is 0.857. The minimum atomic E-state index is -3.03. The van der Waals surface area contributed by atoms with Crippen LogP contribution < -0.4 is 0 Å². The number of carboxylic acids is 1. The lowest BCUT2D eigenvalue weighted by Crippen LogP contribution is -2.19. The summed E-state index contributed by atoms with van der Waals surface area (Å²) in [5.74, 6) is -0.886. The molecule has 5 heteroatoms. The predicted molar refractivity (Wildman–Crippen MR) is 43.6 cm³/mol. The molecule has 0 saturated heterocycles. The summed E-state index contributed by atoms with van der Waals surface area (Å²) in [7, 11) is -3.03. The fourth-order valence-electron chi connectivity index (χ4n) is 1.43. The van der Waals surface area contributed by atoms with Crippen molar-refractivity contribution in [3.8, 4) is 0 Å². The minimum Gasteiger partial charge on any atom is -0.481 e. The molecule has 1 aliphatic carbocycles. The summed E-state index contributed by atoms with van der Waals surface area (Å²) in [4.78, 5) is 10.3. The van der Waals surface area contributed by atoms with Crippen LogP contribution in [-0.2, 0) is 14.6 Å². The zero-order chi connectivity index (χ0) is 9.41. The summed E-state index contributed by atoms with van der Waals surface area (Å²) in [5.41, 5.74) is -0.431. The zero-order valence-corrected chi connectivity index (χ0v) is 7.73. The van der Waals surface area contributed by atoms with Gasteiger partial charge in [0.15, 0.2) is 0 Å². The molecule has 1 N–H and O–H groups in total. The number of hydrogen-bond donors (Lipinski definition) is 1. The van der Waals surface area contributed by atoms with Gasteiger partial charge in [-0.25, -0.2) is 8.42 Å². The lowest BCUT2D eigenvalue weighted by atomic mass is 10.1. The molecule has 70 valence electrons. The van der Waals surface area contributed by atoms with Crippen LogP contribution in [0.1, 0.15) is 19.3 Å². The van der Waals surface area contributed by atoms with Crippen molar-refractivity contribution in [2.75, 3.05) is 12.0 Å². The van der Waals surface area contributed by atoms with Crippen LogP contribution in [0.25, 0.3) is 0 Å². The highest BCUT2D eigenvalue weighted by Gasteiger charge is 2.46. The number of aliphatic carboxylic acids is 1. The summed E-state index contributed by atoms with van der Waals surface area (Å²) < 4.78 is 21.8. The topological polar surface area (TPSA) is 71.4 Å². The van der Waals surface area contributed by atoms with Gasteiger partial charge in [-0.3, -0.25) is 4.79 Å². The Balaban J connectivity index is 2.57. The van der Waals surface area contributed by atoms with Gasteiger partial charge < -0.3 is 5.11 Å². The summed E-state index contributed by atoms with van der Waals surface area (Å²) in [6.07, 6.45) is 2.59. The van der Waals surface area contributed by atoms with E-state index in [0.717, 1.165) is 19.1 Å². The Morgan fingerprint density at radius 3 is 2.25 bits per heavy atom. The Morgan fingerprint density at radius 1 is 1.50 bits per heavy atom. The van der Waals surface area contributed by atoms with Gasteiger partial charge in [-0.2, -0.15) is 0 Å². The molecule has 4 nitrogen and oxygen atoms in total. The first-order valence-corrected chi connectivity index (χ1v) is 5.79. The second-order valence-electron chi connectivity index (χ2n) is 3.64. The molecule has 0 radical (unpaired) electrons. The molecular formula is C7H12O4S. The third kappa shape index (κ3) is 2.81. The molecule has 0 aromatic rings. The van der Waals surface area contributed by atoms with Crippen LogP contribution >= 0.6 is 0 Å². The average Bonchev–Trinajstić information content (AvgIpc) is 2.40. The Hall–Kier alpha value is -0.580. The van der Waals surface area contributed by atoms with Gasteiger partial charge in [-0.1, -0.05) is 0 Å². The van der Waals surface area contributed by atoms with Crippen LogP contribution in [0.2, 0.25) is 0 Å². The molecule has 1 rings (SSSR count). The third-order valence-corrected chi connectivity index (χ3v) is 3.19. The second kappa shape index (κ2) is 2.73. The summed E-state index contributed by atoms with van der Waals surface area (Å²) in [6, 6.07) is 0. The third-order valence-electron chi connectivity index (χ3n) is 2.05. The summed E-state index contributed by atoms with van der Waals surface area (Å²) >= 11 is 0. The highest BCUT2D eigenvalue weighted by molar-refractivity contribution is 7.90. The van der Waals surface area contributed by atoms with Gasteiger partial charge in [0.1, 0.15) is 9.84 Å². The lowest BCUT2D eigenvalue weighted by Gasteiger charge is -2.09. The van der Waals surface area contributed by atoms with Crippen LogP contribution in [0, 0.1) is 5.41 Å². The Kier molecular flexibility index (Phi) is 2.16. The molecule has 1 saturated carbocycles. The Bertz CT molecular complexity index is 287. The van der Waals surface area contributed by atoms with Gasteiger partial charge in [-0.05, 0) is 18.3 Å². The highest BCUT2D eigenvalue weighted by Crippen LogP contribution is 2.49. The van der Waals surface area contributed by atoms with Crippen LogP contribution in [0.3, 0.4) is 0 Å². The number of rotatable bonds is 4. The predicted octanol–water partition coefficient (Wildman–Crippen LogP) is 0.286. The molecule has 0 aromatic heterocycles. The van der Waals surface area contributed by atoms with E-state index in [-0.39, 0.29) is 12.2 Å². The van der Waals surface area contributed by atoms with E-state index in [9.17, 15) is 13.2 Å². The zero-order valence-electron chi connectivity index (χ0n) is 6.91. The van der Waals surface area contributed by atoms with Crippen molar-refractivity contribution in [2.45, 2.75) is 19.3 Å². The normalized spacial score (nSPS) is 20.4. The first-order chi connectivity index (χ1) is 5.33. The summed E-state index contributed by atoms with van der Waals surface area (Å²) in [5, 5.41) is 8.49. The average molecular weight is 192 g/mol. The maximum atomic E-state index is 10.9. The molecule has 0 unspecified atom stereocenters. The van der Waals surface area contributed by atoms with E-state index in [0.29, 0.717) is 0 Å². The molecule has 0 bridgehead atoms. The molecule has 0 amide bonds. The van der Waals surface area contributed by atoms with Gasteiger partial charge in [0.25, 0.3) is 0 Å². The van der Waals surface area contributed by atoms with Gasteiger partial charge in [0.05, 0.1) is 12.2 Å². The lowest BCUT2D eigenvalue weighted by molar-refractivity contribution is -0.138. The van der Waals surface area contributed by atoms with Crippen molar-refractivity contribution in [3.63, 3.8) is 0 Å². The largest absolute Gasteiger partial charge is 0.481 e. The van der Waals surface area contributed by atoms with E-state index >= 15 is 0 Å². The second-order valence-corrected chi connectivity index (χ2v) is 5.78. The molecule has 1 fully saturated rings. The Labute approximate surface area is 71.5 Å². The van der Waals surface area contributed by atoms with E-state index in [1.807, 2.05) is 0 Å². The van der Waals surface area contributed by atoms with E-state index in [1.54, 1.807) is 0 Å². The number of hydrogen-bond acceptors (Lipinski definition) is 3. The van der Waals surface area contributed by atoms with Crippen molar-refractivity contribution in [2.24, 2.45) is 5.41 Å². The van der Waals surface area contributed by atoms with Crippen LogP contribution in [-0.4, -0.2) is 31.5 Å². The molecule has 0 atom stereocenters. The quantitative estimate of drug-likeness (QED) is 0.694. The maximum absolute atomic E-state index is 10.9. The first kappa shape index (κ1) is 9.51. The monoisotopic (exact) mass is 192 g/mol. The maximum Gasteiger partial charge on any atom is 0.303 e. The van der Waals surface area contributed by atoms with Crippen molar-refractivity contribution in [3.05, 3.63) is 0 Å². The number of carboxylic acid groups (broad SMARTS) is 1. The molecule has 0 spiro atoms.